The summed E-state index contributed by atoms with van der Waals surface area (Å²) in [6, 6.07) is 3.42. The molecule has 0 saturated heterocycles. The number of carboxylic acids is 1. The molecular weight excluding hydrogens is 1120 g/mol. The predicted molar refractivity (Wildman–Crippen MR) is 281 cm³/mol. The molecule has 74 heavy (non-hydrogen) atoms. The fraction of sp³-hybridized carbons (Fsp3) is 0.574. The number of fused-ring (bicyclic) bond motifs is 5. The van der Waals surface area contributed by atoms with E-state index in [-0.39, 0.29) is 69.3 Å². The van der Waals surface area contributed by atoms with E-state index in [0.29, 0.717) is 133 Å². The van der Waals surface area contributed by atoms with Gasteiger partial charge in [0.25, 0.3) is 11.9 Å². The van der Waals surface area contributed by atoms with E-state index in [9.17, 15) is 15.0 Å². The summed E-state index contributed by atoms with van der Waals surface area (Å²) in [5.41, 5.74) is 11.8. The van der Waals surface area contributed by atoms with E-state index in [1.807, 2.05) is 11.5 Å². The van der Waals surface area contributed by atoms with Gasteiger partial charge in [0.15, 0.2) is 11.5 Å². The van der Waals surface area contributed by atoms with Gasteiger partial charge in [-0.05, 0) is 91.9 Å². The quantitative estimate of drug-likeness (QED) is 0.0270. The maximum Gasteiger partial charge on any atom is 0.300 e. The molecule has 5 rings (SSSR count). The molecule has 0 aliphatic carbocycles. The van der Waals surface area contributed by atoms with E-state index in [0.717, 1.165) is 64.9 Å². The zero-order valence-corrected chi connectivity index (χ0v) is 46.3. The van der Waals surface area contributed by atoms with Gasteiger partial charge in [0.1, 0.15) is 24.6 Å². The van der Waals surface area contributed by atoms with Gasteiger partial charge in [-0.2, -0.15) is 0 Å². The van der Waals surface area contributed by atoms with Crippen LogP contribution in [0.4, 0.5) is 11.4 Å². The summed E-state index contributed by atoms with van der Waals surface area (Å²) in [6.07, 6.45) is 10.7. The molecule has 1 radical (unpaired) electrons. The number of benzene rings is 1. The van der Waals surface area contributed by atoms with E-state index in [1.54, 1.807) is 45.7 Å². The fourth-order valence-electron chi connectivity index (χ4n) is 8.63. The number of aromatic nitrogens is 1. The second-order valence-electron chi connectivity index (χ2n) is 17.1. The number of aliphatic carboxylic acids is 1. The number of esters is 1. The second-order valence-corrected chi connectivity index (χ2v) is 17.1. The molecule has 19 nitrogen and oxygen atoms in total. The van der Waals surface area contributed by atoms with Crippen molar-refractivity contribution in [2.75, 3.05) is 107 Å². The molecule has 4 N–H and O–H groups in total. The number of aliphatic hydroxyl groups is 2. The number of H-pyrrole nitrogens is 1. The van der Waals surface area contributed by atoms with Crippen LogP contribution >= 0.6 is 0 Å². The average molecular weight is 1200 g/mol. The van der Waals surface area contributed by atoms with Crippen LogP contribution in [0.3, 0.4) is 0 Å². The predicted octanol–water partition coefficient (Wildman–Crippen LogP) is 6.89. The molecule has 3 aliphatic heterocycles. The maximum atomic E-state index is 12.6. The molecule has 0 amide bonds. The minimum absolute atomic E-state index is 0. The summed E-state index contributed by atoms with van der Waals surface area (Å²) in [5.74, 6) is -0.439. The molecule has 0 spiro atoms. The minimum atomic E-state index is -0.833. The van der Waals surface area contributed by atoms with Gasteiger partial charge in [-0.25, -0.2) is 0 Å². The Bertz CT molecular complexity index is 2330. The first-order chi connectivity index (χ1) is 35.3. The number of aliphatic imine (C=N–C) groups is 3. The van der Waals surface area contributed by atoms with Crippen LogP contribution in [0, 0.1) is 43.1 Å². The number of nitrogens with zero attached hydrogens (tertiary/aromatic N) is 4. The van der Waals surface area contributed by atoms with Crippen molar-refractivity contribution < 1.29 is 109 Å². The van der Waals surface area contributed by atoms with Crippen LogP contribution in [0.5, 0.6) is 11.5 Å². The molecule has 20 heteroatoms. The van der Waals surface area contributed by atoms with Crippen molar-refractivity contribution in [3.63, 3.8) is 0 Å². The molecule has 0 saturated carbocycles. The first kappa shape index (κ1) is 64.0. The monoisotopic (exact) mass is 1200 g/mol. The summed E-state index contributed by atoms with van der Waals surface area (Å²) >= 11 is 0. The van der Waals surface area contributed by atoms with Crippen LogP contribution in [0.15, 0.2) is 55.1 Å². The first-order valence-corrected chi connectivity index (χ1v) is 25.2. The van der Waals surface area contributed by atoms with Gasteiger partial charge < -0.3 is 62.9 Å². The van der Waals surface area contributed by atoms with Crippen molar-refractivity contribution in [1.82, 2.24) is 4.98 Å². The van der Waals surface area contributed by atoms with Crippen LogP contribution in [-0.2, 0) is 62.0 Å². The van der Waals surface area contributed by atoms with Crippen molar-refractivity contribution in [3.05, 3.63) is 68.9 Å². The van der Waals surface area contributed by atoms with Crippen LogP contribution in [0.25, 0.3) is 6.08 Å². The third-order valence-corrected chi connectivity index (χ3v) is 12.0. The number of hydrogen-bond acceptors (Lipinski definition) is 16. The number of hydrogen-bond donors (Lipinski definition) is 4. The van der Waals surface area contributed by atoms with E-state index >= 15 is 0 Å². The Morgan fingerprint density at radius 2 is 1.24 bits per heavy atom. The first-order valence-electron chi connectivity index (χ1n) is 25.2. The number of nitrogens with one attached hydrogen (secondary N) is 1. The summed E-state index contributed by atoms with van der Waals surface area (Å²) in [5, 5.41) is 27.5. The maximum absolute atomic E-state index is 12.6. The van der Waals surface area contributed by atoms with Crippen molar-refractivity contribution in [2.45, 2.75) is 99.5 Å². The molecule has 1 atom stereocenters. The molecule has 1 unspecified atom stereocenters. The largest absolute Gasteiger partial charge is 0.487 e. The molecule has 1 aromatic heterocycles. The number of ether oxygens (including phenoxy) is 9. The Balaban J connectivity index is 0.00000278. The Morgan fingerprint density at radius 3 is 1.74 bits per heavy atom. The number of aromatic amines is 1. The van der Waals surface area contributed by atoms with Crippen molar-refractivity contribution in [3.8, 4) is 11.5 Å². The van der Waals surface area contributed by atoms with E-state index in [2.05, 4.69) is 31.8 Å². The van der Waals surface area contributed by atoms with Crippen molar-refractivity contribution in [1.29, 1.82) is 0 Å². The molecule has 4 heterocycles. The summed E-state index contributed by atoms with van der Waals surface area (Å²) in [4.78, 5) is 40.9. The van der Waals surface area contributed by atoms with Gasteiger partial charge in [0, 0.05) is 121 Å². The number of carbonyl (C=O) groups excluding carboxylic acids is 1. The van der Waals surface area contributed by atoms with E-state index < -0.39 is 11.9 Å². The standard InChI is InChI=1S/C52H75N5O12.C2H4O2.Lu/c1-9-39-40(10-2)45-30-49-42(14-12-16-59)36(4)50(57(49)37(5)69-38(6)60)34-54-47-32-52(68-28-26-66-24-22-64-20-18-62-8)51(67-27-25-65-23-21-63-19-17-61-7)31-46(47)53-33-48-35(3)41(13-11-15-58)44(56-48)29-43(39)55-45;1-2(3)4;/h30-34,44,55,58-59H,9-29H2,1-8H3;1H3,(H,3,4);/b49-30-,53-33?,54-34?;;. The third-order valence-electron chi connectivity index (χ3n) is 12.0. The Labute approximate surface area is 465 Å². The summed E-state index contributed by atoms with van der Waals surface area (Å²) in [7, 11) is 3.26. The topological polar surface area (TPSA) is 234 Å². The van der Waals surface area contributed by atoms with Gasteiger partial charge in [-0.15, -0.1) is 0 Å². The Morgan fingerprint density at radius 1 is 0.743 bits per heavy atom. The third kappa shape index (κ3) is 19.7. The number of carboxylic acid groups (broad SMARTS) is 1. The summed E-state index contributed by atoms with van der Waals surface area (Å²) in [6.45, 7) is 17.4. The average Bonchev–Trinajstić information content (AvgIpc) is 3.94. The van der Waals surface area contributed by atoms with Gasteiger partial charge in [0.05, 0.1) is 95.4 Å². The Kier molecular flexibility index (Phi) is 30.4. The van der Waals surface area contributed by atoms with Gasteiger partial charge in [0.2, 0.25) is 6.23 Å². The molecular formula is C54H79LuN5O14. The SMILES string of the molecule is CC(=O)O.CCc1c2[nH]c(c1CC)CC1N=C(C=Nc3cc(OCCOCCOCCOC)c(OCCOCCOCCOC)cc3N=CC3=[N+]([C-](C)OC(C)=O)/C(=C\2)C(CCCO)=C3C)C(C)=C1CCCO.[Lu]. The van der Waals surface area contributed by atoms with Crippen LogP contribution in [0.2, 0.25) is 0 Å². The molecule has 6 bridgehead atoms. The van der Waals surface area contributed by atoms with Crippen LogP contribution in [0.1, 0.15) is 96.7 Å². The number of rotatable bonds is 30. The second kappa shape index (κ2) is 35.1. The molecule has 3 aliphatic rings. The molecule has 419 valence electrons. The Hall–Kier alpha value is -4.28. The number of aliphatic hydroxyl groups excluding tert-OH is 2. The smallest absolute Gasteiger partial charge is 0.300 e. The van der Waals surface area contributed by atoms with Gasteiger partial charge in [-0.1, -0.05) is 13.8 Å². The molecule has 0 fully saturated rings. The van der Waals surface area contributed by atoms with Gasteiger partial charge >= 0.3 is 0 Å². The van der Waals surface area contributed by atoms with Crippen molar-refractivity contribution in [2.24, 2.45) is 15.0 Å². The van der Waals surface area contributed by atoms with Crippen molar-refractivity contribution >= 4 is 53.2 Å². The molecule has 2 aromatic rings. The number of methoxy groups -OCH3 is 2. The number of carbonyl (C=O) groups is 2. The van der Waals surface area contributed by atoms with E-state index in [4.69, 9.17) is 67.5 Å². The molecule has 1 aromatic carbocycles. The zero-order chi connectivity index (χ0) is 53.1. The van der Waals surface area contributed by atoms with Crippen LogP contribution < -0.4 is 9.47 Å². The normalized spacial score (nSPS) is 15.7. The summed E-state index contributed by atoms with van der Waals surface area (Å²) < 4.78 is 53.3. The number of allylic oxidation sites excluding steroid dienone is 3. The fourth-order valence-corrected chi connectivity index (χ4v) is 8.63. The van der Waals surface area contributed by atoms with Crippen LogP contribution in [-0.4, -0.2) is 173 Å². The van der Waals surface area contributed by atoms with E-state index in [1.165, 1.54) is 18.1 Å². The van der Waals surface area contributed by atoms with Gasteiger partial charge in [-0.3, -0.25) is 29.1 Å². The minimum Gasteiger partial charge on any atom is -0.487 e. The zero-order valence-electron chi connectivity index (χ0n) is 44.7.